The van der Waals surface area contributed by atoms with E-state index in [9.17, 15) is 14.9 Å². The van der Waals surface area contributed by atoms with Crippen molar-refractivity contribution in [2.75, 3.05) is 12.4 Å². The molecule has 1 aliphatic carbocycles. The van der Waals surface area contributed by atoms with E-state index >= 15 is 0 Å². The van der Waals surface area contributed by atoms with Crippen molar-refractivity contribution in [2.24, 2.45) is 5.92 Å². The second-order valence-electron chi connectivity index (χ2n) is 5.11. The van der Waals surface area contributed by atoms with Crippen LogP contribution in [0.5, 0.6) is 0 Å². The average molecular weight is 304 g/mol. The molecule has 1 N–H and O–H groups in total. The van der Waals surface area contributed by atoms with E-state index in [1.165, 1.54) is 13.3 Å². The molecule has 0 unspecified atom stereocenters. The zero-order valence-electron chi connectivity index (χ0n) is 12.1. The molecule has 1 aliphatic rings. The minimum Gasteiger partial charge on any atom is -0.465 e. The van der Waals surface area contributed by atoms with Gasteiger partial charge in [0.15, 0.2) is 0 Å². The van der Waals surface area contributed by atoms with Gasteiger partial charge in [0.1, 0.15) is 0 Å². The van der Waals surface area contributed by atoms with Crippen molar-refractivity contribution in [3.05, 3.63) is 27.9 Å². The van der Waals surface area contributed by atoms with Crippen molar-refractivity contribution in [1.29, 1.82) is 5.26 Å². The first-order valence-corrected chi connectivity index (χ1v) is 6.95. The highest BCUT2D eigenvalue weighted by Gasteiger charge is 2.28. The standard InChI is InChI=1S/C14H16N4O4/c1-22-14(19)10-6-12(18(20)21)13(16-8-10)17-11-5-3-2-4-9(11)7-15/h6,8-9,11H,2-5H2,1H3,(H,16,17)/t9-,11-/m0/s1. The molecular formula is C14H16N4O4. The first-order chi connectivity index (χ1) is 10.6. The number of nitrogens with one attached hydrogen (secondary N) is 1. The van der Waals surface area contributed by atoms with Crippen LogP contribution in [0.2, 0.25) is 0 Å². The van der Waals surface area contributed by atoms with Gasteiger partial charge in [-0.05, 0) is 12.8 Å². The van der Waals surface area contributed by atoms with Crippen LogP contribution in [-0.4, -0.2) is 29.0 Å². The van der Waals surface area contributed by atoms with Crippen LogP contribution in [-0.2, 0) is 4.74 Å². The molecule has 0 aliphatic heterocycles. The van der Waals surface area contributed by atoms with Gasteiger partial charge in [-0.15, -0.1) is 0 Å². The topological polar surface area (TPSA) is 118 Å². The van der Waals surface area contributed by atoms with E-state index in [0.29, 0.717) is 0 Å². The summed E-state index contributed by atoms with van der Waals surface area (Å²) in [5, 5.41) is 23.3. The highest BCUT2D eigenvalue weighted by Crippen LogP contribution is 2.30. The number of carbonyl (C=O) groups is 1. The number of esters is 1. The number of methoxy groups -OCH3 is 1. The van der Waals surface area contributed by atoms with E-state index in [-0.39, 0.29) is 29.0 Å². The highest BCUT2D eigenvalue weighted by atomic mass is 16.6. The third-order valence-electron chi connectivity index (χ3n) is 3.74. The van der Waals surface area contributed by atoms with Crippen molar-refractivity contribution >= 4 is 17.5 Å². The summed E-state index contributed by atoms with van der Waals surface area (Å²) < 4.78 is 4.53. The molecule has 22 heavy (non-hydrogen) atoms. The number of nitrogens with zero attached hydrogens (tertiary/aromatic N) is 3. The Balaban J connectivity index is 2.28. The number of nitro groups is 1. The largest absolute Gasteiger partial charge is 0.465 e. The van der Waals surface area contributed by atoms with E-state index in [0.717, 1.165) is 31.7 Å². The lowest BCUT2D eigenvalue weighted by atomic mass is 9.85. The SMILES string of the molecule is COC(=O)c1cnc(N[C@H]2CCCC[C@H]2C#N)c([N+](=O)[O-])c1. The van der Waals surface area contributed by atoms with E-state index in [1.54, 1.807) is 0 Å². The van der Waals surface area contributed by atoms with Crippen LogP contribution in [0.3, 0.4) is 0 Å². The summed E-state index contributed by atoms with van der Waals surface area (Å²) in [6.45, 7) is 0. The van der Waals surface area contributed by atoms with Gasteiger partial charge in [0.05, 0.1) is 29.6 Å². The van der Waals surface area contributed by atoms with Crippen LogP contribution < -0.4 is 5.32 Å². The molecular weight excluding hydrogens is 288 g/mol. The molecule has 0 spiro atoms. The number of hydrogen-bond acceptors (Lipinski definition) is 7. The smallest absolute Gasteiger partial charge is 0.339 e. The van der Waals surface area contributed by atoms with Crippen molar-refractivity contribution < 1.29 is 14.5 Å². The van der Waals surface area contributed by atoms with Gasteiger partial charge in [0.25, 0.3) is 0 Å². The average Bonchev–Trinajstić information content (AvgIpc) is 2.54. The fourth-order valence-electron chi connectivity index (χ4n) is 2.57. The van der Waals surface area contributed by atoms with Gasteiger partial charge >= 0.3 is 11.7 Å². The second kappa shape index (κ2) is 6.85. The highest BCUT2D eigenvalue weighted by molar-refractivity contribution is 5.90. The Kier molecular flexibility index (Phi) is 4.88. The molecule has 1 aromatic rings. The maximum Gasteiger partial charge on any atom is 0.339 e. The Bertz CT molecular complexity index is 626. The van der Waals surface area contributed by atoms with E-state index in [2.05, 4.69) is 21.1 Å². The van der Waals surface area contributed by atoms with Crippen molar-refractivity contribution in [2.45, 2.75) is 31.7 Å². The number of pyridine rings is 1. The molecule has 1 heterocycles. The summed E-state index contributed by atoms with van der Waals surface area (Å²) >= 11 is 0. The van der Waals surface area contributed by atoms with Crippen LogP contribution in [0, 0.1) is 27.4 Å². The second-order valence-corrected chi connectivity index (χ2v) is 5.11. The minimum atomic E-state index is -0.685. The molecule has 1 aromatic heterocycles. The first kappa shape index (κ1) is 15.7. The molecule has 0 amide bonds. The minimum absolute atomic E-state index is 0.0141. The third-order valence-corrected chi connectivity index (χ3v) is 3.74. The number of hydrogen-bond donors (Lipinski definition) is 1. The van der Waals surface area contributed by atoms with Crippen molar-refractivity contribution in [1.82, 2.24) is 4.98 Å². The molecule has 2 atom stereocenters. The number of anilines is 1. The summed E-state index contributed by atoms with van der Waals surface area (Å²) in [5.41, 5.74) is -0.287. The molecule has 8 nitrogen and oxygen atoms in total. The summed E-state index contributed by atoms with van der Waals surface area (Å²) in [6.07, 6.45) is 4.69. The first-order valence-electron chi connectivity index (χ1n) is 6.95. The summed E-state index contributed by atoms with van der Waals surface area (Å²) in [7, 11) is 1.19. The molecule has 2 rings (SSSR count). The van der Waals surface area contributed by atoms with E-state index < -0.39 is 10.9 Å². The monoisotopic (exact) mass is 304 g/mol. The molecule has 0 bridgehead atoms. The number of aromatic nitrogens is 1. The molecule has 0 radical (unpaired) electrons. The summed E-state index contributed by atoms with van der Waals surface area (Å²) in [4.78, 5) is 26.0. The number of rotatable bonds is 4. The Morgan fingerprint density at radius 1 is 1.55 bits per heavy atom. The number of nitriles is 1. The molecule has 116 valence electrons. The molecule has 8 heteroatoms. The summed E-state index contributed by atoms with van der Waals surface area (Å²) in [6, 6.07) is 3.19. The van der Waals surface area contributed by atoms with Gasteiger partial charge in [-0.25, -0.2) is 9.78 Å². The van der Waals surface area contributed by atoms with Gasteiger partial charge in [-0.3, -0.25) is 10.1 Å². The summed E-state index contributed by atoms with van der Waals surface area (Å²) in [5.74, 6) is -0.810. The predicted molar refractivity (Wildman–Crippen MR) is 77.2 cm³/mol. The fraction of sp³-hybridized carbons (Fsp3) is 0.500. The van der Waals surface area contributed by atoms with Crippen molar-refractivity contribution in [3.8, 4) is 6.07 Å². The zero-order valence-corrected chi connectivity index (χ0v) is 12.1. The lowest BCUT2D eigenvalue weighted by molar-refractivity contribution is -0.384. The Labute approximate surface area is 127 Å². The molecule has 0 saturated heterocycles. The quantitative estimate of drug-likeness (QED) is 0.515. The molecule has 0 aromatic carbocycles. The normalized spacial score (nSPS) is 20.7. The third kappa shape index (κ3) is 3.31. The van der Waals surface area contributed by atoms with E-state index in [4.69, 9.17) is 5.26 Å². The van der Waals surface area contributed by atoms with Crippen LogP contribution in [0.1, 0.15) is 36.0 Å². The van der Waals surface area contributed by atoms with Crippen LogP contribution in [0.4, 0.5) is 11.5 Å². The fourth-order valence-corrected chi connectivity index (χ4v) is 2.57. The maximum atomic E-state index is 11.4. The van der Waals surface area contributed by atoms with Gasteiger partial charge in [0, 0.05) is 18.3 Å². The lowest BCUT2D eigenvalue weighted by Gasteiger charge is -2.27. The van der Waals surface area contributed by atoms with Crippen LogP contribution >= 0.6 is 0 Å². The Morgan fingerprint density at radius 3 is 2.91 bits per heavy atom. The van der Waals surface area contributed by atoms with Crippen LogP contribution in [0.15, 0.2) is 12.3 Å². The number of carbonyl (C=O) groups excluding carboxylic acids is 1. The predicted octanol–water partition coefficient (Wildman–Crippen LogP) is 2.27. The van der Waals surface area contributed by atoms with Gasteiger partial charge in [0.2, 0.25) is 5.82 Å². The maximum absolute atomic E-state index is 11.4. The van der Waals surface area contributed by atoms with Gasteiger partial charge in [-0.2, -0.15) is 5.26 Å². The lowest BCUT2D eigenvalue weighted by Crippen LogP contribution is -2.32. The Morgan fingerprint density at radius 2 is 2.27 bits per heavy atom. The van der Waals surface area contributed by atoms with Crippen LogP contribution in [0.25, 0.3) is 0 Å². The Hall–Kier alpha value is -2.69. The number of ether oxygens (including phenoxy) is 1. The molecule has 1 saturated carbocycles. The molecule has 1 fully saturated rings. The zero-order chi connectivity index (χ0) is 16.1. The van der Waals surface area contributed by atoms with Gasteiger partial charge in [-0.1, -0.05) is 12.8 Å². The van der Waals surface area contributed by atoms with E-state index in [1.807, 2.05) is 0 Å². The van der Waals surface area contributed by atoms with Crippen molar-refractivity contribution in [3.63, 3.8) is 0 Å². The van der Waals surface area contributed by atoms with Gasteiger partial charge < -0.3 is 10.1 Å².